The van der Waals surface area contributed by atoms with Gasteiger partial charge in [-0.3, -0.25) is 9.59 Å². The van der Waals surface area contributed by atoms with Gasteiger partial charge in [0.2, 0.25) is 0 Å². The molecule has 0 unspecified atom stereocenters. The summed E-state index contributed by atoms with van der Waals surface area (Å²) in [5.41, 5.74) is 3.06. The van der Waals surface area contributed by atoms with E-state index < -0.39 is 0 Å². The topological polar surface area (TPSA) is 58.6 Å². The summed E-state index contributed by atoms with van der Waals surface area (Å²) in [6.45, 7) is 0.759. The first-order chi connectivity index (χ1) is 14.0. The summed E-state index contributed by atoms with van der Waals surface area (Å²) in [5.74, 6) is 0.292. The third-order valence-corrected chi connectivity index (χ3v) is 4.43. The molecule has 2 amide bonds. The normalized spacial score (nSPS) is 10.3. The Morgan fingerprint density at radius 3 is 2.17 bits per heavy atom. The van der Waals surface area contributed by atoms with E-state index in [1.165, 1.54) is 4.90 Å². The average Bonchev–Trinajstić information content (AvgIpc) is 2.76. The van der Waals surface area contributed by atoms with Gasteiger partial charge in [-0.15, -0.1) is 0 Å². The lowest BCUT2D eigenvalue weighted by Crippen LogP contribution is -2.23. The predicted octanol–water partition coefficient (Wildman–Crippen LogP) is 3.90. The van der Waals surface area contributed by atoms with Crippen molar-refractivity contribution in [3.05, 3.63) is 101 Å². The fourth-order valence-corrected chi connectivity index (χ4v) is 2.82. The van der Waals surface area contributed by atoms with Crippen LogP contribution in [0.1, 0.15) is 31.8 Å². The molecule has 0 saturated carbocycles. The molecule has 5 heteroatoms. The molecule has 0 heterocycles. The van der Waals surface area contributed by atoms with Gasteiger partial charge in [0, 0.05) is 26.2 Å². The number of carbonyl (C=O) groups excluding carboxylic acids is 2. The molecule has 1 N–H and O–H groups in total. The molecule has 0 bridgehead atoms. The maximum atomic E-state index is 12.6. The van der Waals surface area contributed by atoms with E-state index in [9.17, 15) is 9.59 Å². The monoisotopic (exact) mass is 388 g/mol. The van der Waals surface area contributed by atoms with E-state index in [0.29, 0.717) is 30.0 Å². The van der Waals surface area contributed by atoms with Crippen LogP contribution in [0.4, 0.5) is 0 Å². The van der Waals surface area contributed by atoms with Crippen molar-refractivity contribution in [3.63, 3.8) is 0 Å². The van der Waals surface area contributed by atoms with Crippen LogP contribution < -0.4 is 10.1 Å². The molecule has 3 aromatic rings. The molecule has 0 spiro atoms. The summed E-state index contributed by atoms with van der Waals surface area (Å²) in [7, 11) is 3.44. The number of nitrogens with one attached hydrogen (secondary N) is 1. The second-order valence-corrected chi connectivity index (χ2v) is 6.85. The van der Waals surface area contributed by atoms with Crippen LogP contribution in [-0.2, 0) is 13.2 Å². The SMILES string of the molecule is CN(C)C(=O)c1ccc(COc2ccccc2C(=O)NCc2ccccc2)cc1. The second kappa shape index (κ2) is 9.55. The number of para-hydroxylation sites is 1. The zero-order chi connectivity index (χ0) is 20.6. The molecule has 148 valence electrons. The minimum Gasteiger partial charge on any atom is -0.488 e. The zero-order valence-corrected chi connectivity index (χ0v) is 16.6. The summed E-state index contributed by atoms with van der Waals surface area (Å²) >= 11 is 0. The minimum atomic E-state index is -0.184. The van der Waals surface area contributed by atoms with Crippen LogP contribution in [0.25, 0.3) is 0 Å². The first-order valence-corrected chi connectivity index (χ1v) is 9.39. The van der Waals surface area contributed by atoms with E-state index in [1.54, 1.807) is 38.4 Å². The Labute approximate surface area is 170 Å². The van der Waals surface area contributed by atoms with E-state index in [-0.39, 0.29) is 11.8 Å². The lowest BCUT2D eigenvalue weighted by molar-refractivity contribution is 0.0827. The maximum Gasteiger partial charge on any atom is 0.255 e. The number of benzene rings is 3. The lowest BCUT2D eigenvalue weighted by atomic mass is 10.1. The third-order valence-electron chi connectivity index (χ3n) is 4.43. The molecule has 0 radical (unpaired) electrons. The summed E-state index contributed by atoms with van der Waals surface area (Å²) in [5, 5.41) is 2.92. The van der Waals surface area contributed by atoms with Crippen LogP contribution >= 0.6 is 0 Å². The Balaban J connectivity index is 1.63. The van der Waals surface area contributed by atoms with Crippen molar-refractivity contribution in [2.45, 2.75) is 13.2 Å². The molecule has 29 heavy (non-hydrogen) atoms. The van der Waals surface area contributed by atoms with Crippen LogP contribution in [0.5, 0.6) is 5.75 Å². The van der Waals surface area contributed by atoms with E-state index in [0.717, 1.165) is 11.1 Å². The first-order valence-electron chi connectivity index (χ1n) is 9.39. The summed E-state index contributed by atoms with van der Waals surface area (Å²) in [6, 6.07) is 24.2. The number of rotatable bonds is 7. The van der Waals surface area contributed by atoms with E-state index >= 15 is 0 Å². The molecular formula is C24H24N2O3. The molecule has 5 nitrogen and oxygen atoms in total. The van der Waals surface area contributed by atoms with Crippen LogP contribution in [-0.4, -0.2) is 30.8 Å². The van der Waals surface area contributed by atoms with Crippen molar-refractivity contribution < 1.29 is 14.3 Å². The quantitative estimate of drug-likeness (QED) is 0.668. The highest BCUT2D eigenvalue weighted by Gasteiger charge is 2.12. The van der Waals surface area contributed by atoms with Crippen LogP contribution in [0, 0.1) is 0 Å². The second-order valence-electron chi connectivity index (χ2n) is 6.85. The van der Waals surface area contributed by atoms with Gasteiger partial charge >= 0.3 is 0 Å². The minimum absolute atomic E-state index is 0.0436. The number of nitrogens with zero attached hydrogens (tertiary/aromatic N) is 1. The van der Waals surface area contributed by atoms with Crippen molar-refractivity contribution in [1.82, 2.24) is 10.2 Å². The lowest BCUT2D eigenvalue weighted by Gasteiger charge is -2.13. The van der Waals surface area contributed by atoms with Crippen molar-refractivity contribution in [1.29, 1.82) is 0 Å². The maximum absolute atomic E-state index is 12.6. The van der Waals surface area contributed by atoms with Gasteiger partial charge in [0.25, 0.3) is 11.8 Å². The Bertz CT molecular complexity index is 967. The van der Waals surface area contributed by atoms with Gasteiger partial charge in [0.1, 0.15) is 12.4 Å². The van der Waals surface area contributed by atoms with Crippen LogP contribution in [0.2, 0.25) is 0 Å². The molecule has 0 aromatic heterocycles. The molecule has 0 aliphatic heterocycles. The van der Waals surface area contributed by atoms with Gasteiger partial charge in [-0.1, -0.05) is 54.6 Å². The average molecular weight is 388 g/mol. The molecule has 0 aliphatic rings. The van der Waals surface area contributed by atoms with E-state index in [4.69, 9.17) is 4.74 Å². The Morgan fingerprint density at radius 2 is 1.48 bits per heavy atom. The molecule has 0 fully saturated rings. The fraction of sp³-hybridized carbons (Fsp3) is 0.167. The first kappa shape index (κ1) is 20.1. The largest absolute Gasteiger partial charge is 0.488 e. The standard InChI is InChI=1S/C24H24N2O3/c1-26(2)24(28)20-14-12-19(13-15-20)17-29-22-11-7-6-10-21(22)23(27)25-16-18-8-4-3-5-9-18/h3-15H,16-17H2,1-2H3,(H,25,27). The summed E-state index contributed by atoms with van der Waals surface area (Å²) in [4.78, 5) is 26.1. The Morgan fingerprint density at radius 1 is 0.828 bits per heavy atom. The van der Waals surface area contributed by atoms with Gasteiger partial charge in [-0.25, -0.2) is 0 Å². The van der Waals surface area contributed by atoms with Gasteiger partial charge < -0.3 is 15.0 Å². The molecule has 0 aliphatic carbocycles. The zero-order valence-electron chi connectivity index (χ0n) is 16.6. The Kier molecular flexibility index (Phi) is 6.63. The Hall–Kier alpha value is -3.60. The van der Waals surface area contributed by atoms with Crippen molar-refractivity contribution in [2.24, 2.45) is 0 Å². The molecule has 0 atom stereocenters. The van der Waals surface area contributed by atoms with Crippen molar-refractivity contribution >= 4 is 11.8 Å². The predicted molar refractivity (Wildman–Crippen MR) is 113 cm³/mol. The summed E-state index contributed by atoms with van der Waals surface area (Å²) < 4.78 is 5.89. The number of ether oxygens (including phenoxy) is 1. The number of amides is 2. The van der Waals surface area contributed by atoms with Crippen LogP contribution in [0.15, 0.2) is 78.9 Å². The third kappa shape index (κ3) is 5.45. The van der Waals surface area contributed by atoms with Gasteiger partial charge in [-0.2, -0.15) is 0 Å². The highest BCUT2D eigenvalue weighted by atomic mass is 16.5. The van der Waals surface area contributed by atoms with Gasteiger partial charge in [0.15, 0.2) is 0 Å². The number of hydrogen-bond acceptors (Lipinski definition) is 3. The highest BCUT2D eigenvalue weighted by molar-refractivity contribution is 5.96. The van der Waals surface area contributed by atoms with E-state index in [1.807, 2.05) is 54.6 Å². The van der Waals surface area contributed by atoms with Gasteiger partial charge in [0.05, 0.1) is 5.56 Å². The molecular weight excluding hydrogens is 364 g/mol. The van der Waals surface area contributed by atoms with Crippen molar-refractivity contribution in [2.75, 3.05) is 14.1 Å². The number of hydrogen-bond donors (Lipinski definition) is 1. The molecule has 3 aromatic carbocycles. The molecule has 0 saturated heterocycles. The fourth-order valence-electron chi connectivity index (χ4n) is 2.82. The number of carbonyl (C=O) groups is 2. The van der Waals surface area contributed by atoms with Crippen molar-refractivity contribution in [3.8, 4) is 5.75 Å². The van der Waals surface area contributed by atoms with E-state index in [2.05, 4.69) is 5.32 Å². The van der Waals surface area contributed by atoms with Gasteiger partial charge in [-0.05, 0) is 35.4 Å². The smallest absolute Gasteiger partial charge is 0.255 e. The highest BCUT2D eigenvalue weighted by Crippen LogP contribution is 2.20. The molecule has 3 rings (SSSR count). The van der Waals surface area contributed by atoms with Crippen LogP contribution in [0.3, 0.4) is 0 Å². The summed E-state index contributed by atoms with van der Waals surface area (Å²) in [6.07, 6.45) is 0.